The summed E-state index contributed by atoms with van der Waals surface area (Å²) in [5, 5.41) is 22.8. The van der Waals surface area contributed by atoms with E-state index in [1.165, 1.54) is 11.0 Å². The molecule has 1 atom stereocenters. The zero-order valence-corrected chi connectivity index (χ0v) is 19.3. The Morgan fingerprint density at radius 1 is 1.06 bits per heavy atom. The number of aliphatic hydroxyl groups is 1. The van der Waals surface area contributed by atoms with Crippen LogP contribution in [0.4, 0.5) is 5.69 Å². The molecule has 0 aliphatic carbocycles. The Kier molecular flexibility index (Phi) is 5.53. The van der Waals surface area contributed by atoms with Crippen LogP contribution >= 0.6 is 0 Å². The maximum absolute atomic E-state index is 13.4. The lowest BCUT2D eigenvalue weighted by Crippen LogP contribution is -2.29. The standard InChI is InChI=1S/C28H24N2O5/c1-3-35-23-13-12-17(14-16(23)2)26(32)24-25(19-15-29-20-9-5-4-8-18(19)20)30(28(34)27(24)33)21-10-6-7-11-22(21)31/h4-15,25,29,31-32H,3H2,1-2H3/b26-24+. The molecular weight excluding hydrogens is 444 g/mol. The normalized spacial score (nSPS) is 17.3. The number of phenolic OH excluding ortho intramolecular Hbond substituents is 1. The summed E-state index contributed by atoms with van der Waals surface area (Å²) in [4.78, 5) is 31.2. The molecule has 4 aromatic rings. The fourth-order valence-corrected chi connectivity index (χ4v) is 4.63. The molecule has 0 spiro atoms. The first-order chi connectivity index (χ1) is 16.9. The van der Waals surface area contributed by atoms with Gasteiger partial charge in [0.2, 0.25) is 0 Å². The highest BCUT2D eigenvalue weighted by atomic mass is 16.5. The number of benzene rings is 3. The van der Waals surface area contributed by atoms with Gasteiger partial charge in [-0.25, -0.2) is 0 Å². The van der Waals surface area contributed by atoms with Gasteiger partial charge >= 0.3 is 0 Å². The Balaban J connectivity index is 1.76. The van der Waals surface area contributed by atoms with Gasteiger partial charge in [-0.2, -0.15) is 0 Å². The second-order valence-electron chi connectivity index (χ2n) is 8.36. The maximum Gasteiger partial charge on any atom is 0.300 e. The summed E-state index contributed by atoms with van der Waals surface area (Å²) in [6.45, 7) is 4.23. The molecule has 5 rings (SSSR count). The average molecular weight is 469 g/mol. The monoisotopic (exact) mass is 468 g/mol. The van der Waals surface area contributed by atoms with Crippen molar-refractivity contribution in [2.24, 2.45) is 0 Å². The first-order valence-electron chi connectivity index (χ1n) is 11.3. The molecule has 1 aliphatic heterocycles. The molecule has 35 heavy (non-hydrogen) atoms. The second kappa shape index (κ2) is 8.68. The van der Waals surface area contributed by atoms with Gasteiger partial charge in [0.05, 0.1) is 23.9 Å². The smallest absolute Gasteiger partial charge is 0.300 e. The van der Waals surface area contributed by atoms with Crippen molar-refractivity contribution in [2.45, 2.75) is 19.9 Å². The first-order valence-corrected chi connectivity index (χ1v) is 11.3. The zero-order chi connectivity index (χ0) is 24.7. The fraction of sp³-hybridized carbons (Fsp3) is 0.143. The fourth-order valence-electron chi connectivity index (χ4n) is 4.63. The number of aryl methyl sites for hydroxylation is 1. The maximum atomic E-state index is 13.4. The van der Waals surface area contributed by atoms with Crippen molar-refractivity contribution < 1.29 is 24.5 Å². The van der Waals surface area contributed by atoms with E-state index in [9.17, 15) is 19.8 Å². The molecule has 0 radical (unpaired) electrons. The summed E-state index contributed by atoms with van der Waals surface area (Å²) in [5.74, 6) is -1.41. The number of carbonyl (C=O) groups excluding carboxylic acids is 2. The van der Waals surface area contributed by atoms with Gasteiger partial charge in [0.25, 0.3) is 11.7 Å². The van der Waals surface area contributed by atoms with Crippen molar-refractivity contribution in [1.29, 1.82) is 0 Å². The Morgan fingerprint density at radius 3 is 2.54 bits per heavy atom. The molecule has 1 aromatic heterocycles. The van der Waals surface area contributed by atoms with Gasteiger partial charge in [-0.1, -0.05) is 30.3 Å². The topological polar surface area (TPSA) is 103 Å². The van der Waals surface area contributed by atoms with Gasteiger partial charge in [0.1, 0.15) is 17.3 Å². The number of ether oxygens (including phenoxy) is 1. The molecular formula is C28H24N2O5. The minimum atomic E-state index is -0.952. The van der Waals surface area contributed by atoms with Crippen LogP contribution in [-0.4, -0.2) is 33.5 Å². The van der Waals surface area contributed by atoms with Crippen molar-refractivity contribution >= 4 is 34.0 Å². The van der Waals surface area contributed by atoms with Crippen LogP contribution in [0.2, 0.25) is 0 Å². The quantitative estimate of drug-likeness (QED) is 0.212. The minimum Gasteiger partial charge on any atom is -0.507 e. The third-order valence-electron chi connectivity index (χ3n) is 6.25. The van der Waals surface area contributed by atoms with Gasteiger partial charge in [0.15, 0.2) is 0 Å². The molecule has 176 valence electrons. The summed E-state index contributed by atoms with van der Waals surface area (Å²) in [6, 6.07) is 18.0. The molecule has 3 aromatic carbocycles. The van der Waals surface area contributed by atoms with Crippen LogP contribution in [0, 0.1) is 6.92 Å². The molecule has 3 N–H and O–H groups in total. The summed E-state index contributed by atoms with van der Waals surface area (Å²) >= 11 is 0. The Hall–Kier alpha value is -4.52. The number of ketones is 1. The number of amides is 1. The highest BCUT2D eigenvalue weighted by Crippen LogP contribution is 2.46. The number of nitrogens with one attached hydrogen (secondary N) is 1. The van der Waals surface area contributed by atoms with Gasteiger partial charge in [0, 0.05) is 28.2 Å². The molecule has 1 aliphatic rings. The SMILES string of the molecule is CCOc1ccc(/C(O)=C2\C(=O)C(=O)N(c3ccccc3O)C2c2c[nH]c3ccccc23)cc1C. The first kappa shape index (κ1) is 22.3. The van der Waals surface area contributed by atoms with E-state index in [-0.39, 0.29) is 22.8 Å². The number of aromatic amines is 1. The number of aromatic nitrogens is 1. The number of aromatic hydroxyl groups is 1. The molecule has 2 heterocycles. The number of para-hydroxylation sites is 3. The predicted octanol–water partition coefficient (Wildman–Crippen LogP) is 5.21. The van der Waals surface area contributed by atoms with Crippen LogP contribution in [0.25, 0.3) is 16.7 Å². The lowest BCUT2D eigenvalue weighted by Gasteiger charge is -2.25. The molecule has 7 heteroatoms. The predicted molar refractivity (Wildman–Crippen MR) is 134 cm³/mol. The number of rotatable bonds is 5. The summed E-state index contributed by atoms with van der Waals surface area (Å²) < 4.78 is 5.59. The van der Waals surface area contributed by atoms with Crippen molar-refractivity contribution in [2.75, 3.05) is 11.5 Å². The third-order valence-corrected chi connectivity index (χ3v) is 6.25. The number of carbonyl (C=O) groups is 2. The molecule has 0 saturated carbocycles. The molecule has 1 unspecified atom stereocenters. The number of phenols is 1. The van der Waals surface area contributed by atoms with Gasteiger partial charge < -0.3 is 19.9 Å². The minimum absolute atomic E-state index is 0.0495. The van der Waals surface area contributed by atoms with E-state index in [4.69, 9.17) is 4.74 Å². The largest absolute Gasteiger partial charge is 0.507 e. The van der Waals surface area contributed by atoms with E-state index in [0.29, 0.717) is 23.5 Å². The van der Waals surface area contributed by atoms with Gasteiger partial charge in [-0.05, 0) is 55.8 Å². The summed E-state index contributed by atoms with van der Waals surface area (Å²) in [5.41, 5.74) is 2.77. The summed E-state index contributed by atoms with van der Waals surface area (Å²) in [7, 11) is 0. The molecule has 1 amide bonds. The number of hydrogen-bond donors (Lipinski definition) is 3. The number of H-pyrrole nitrogens is 1. The van der Waals surface area contributed by atoms with Crippen LogP contribution in [0.5, 0.6) is 11.5 Å². The third kappa shape index (κ3) is 3.61. The lowest BCUT2D eigenvalue weighted by atomic mass is 9.94. The zero-order valence-electron chi connectivity index (χ0n) is 19.3. The molecule has 1 saturated heterocycles. The van der Waals surface area contributed by atoms with E-state index < -0.39 is 17.7 Å². The highest BCUT2D eigenvalue weighted by Gasteiger charge is 2.48. The van der Waals surface area contributed by atoms with Crippen molar-refractivity contribution in [3.63, 3.8) is 0 Å². The highest BCUT2D eigenvalue weighted by molar-refractivity contribution is 6.52. The molecule has 1 fully saturated rings. The Morgan fingerprint density at radius 2 is 1.80 bits per heavy atom. The van der Waals surface area contributed by atoms with Crippen LogP contribution in [0.1, 0.15) is 29.7 Å². The molecule has 7 nitrogen and oxygen atoms in total. The van der Waals surface area contributed by atoms with E-state index in [0.717, 1.165) is 16.5 Å². The van der Waals surface area contributed by atoms with Crippen molar-refractivity contribution in [3.8, 4) is 11.5 Å². The van der Waals surface area contributed by atoms with Crippen molar-refractivity contribution in [1.82, 2.24) is 4.98 Å². The number of Topliss-reactive ketones (excluding diaryl/α,β-unsaturated/α-hetero) is 1. The van der Waals surface area contributed by atoms with Crippen LogP contribution in [0.15, 0.2) is 78.5 Å². The van der Waals surface area contributed by atoms with E-state index >= 15 is 0 Å². The number of hydrogen-bond acceptors (Lipinski definition) is 5. The number of aliphatic hydroxyl groups excluding tert-OH is 1. The van der Waals surface area contributed by atoms with E-state index in [1.807, 2.05) is 38.1 Å². The van der Waals surface area contributed by atoms with Crippen LogP contribution < -0.4 is 9.64 Å². The Labute approximate surface area is 201 Å². The summed E-state index contributed by atoms with van der Waals surface area (Å²) in [6.07, 6.45) is 1.73. The number of nitrogens with zero attached hydrogens (tertiary/aromatic N) is 1. The van der Waals surface area contributed by atoms with Crippen LogP contribution in [0.3, 0.4) is 0 Å². The Bertz CT molecular complexity index is 1500. The lowest BCUT2D eigenvalue weighted by molar-refractivity contribution is -0.132. The second-order valence-corrected chi connectivity index (χ2v) is 8.36. The van der Waals surface area contributed by atoms with E-state index in [1.54, 1.807) is 42.6 Å². The number of fused-ring (bicyclic) bond motifs is 1. The van der Waals surface area contributed by atoms with Crippen LogP contribution in [-0.2, 0) is 9.59 Å². The van der Waals surface area contributed by atoms with E-state index in [2.05, 4.69) is 4.98 Å². The average Bonchev–Trinajstić information content (AvgIpc) is 3.39. The van der Waals surface area contributed by atoms with Crippen molar-refractivity contribution in [3.05, 3.63) is 95.2 Å². The van der Waals surface area contributed by atoms with Gasteiger partial charge in [-0.3, -0.25) is 14.5 Å². The van der Waals surface area contributed by atoms with Gasteiger partial charge in [-0.15, -0.1) is 0 Å². The molecule has 0 bridgehead atoms. The number of anilines is 1.